The Hall–Kier alpha value is -2.82. The zero-order valence-electron chi connectivity index (χ0n) is 22.3. The maximum Gasteiger partial charge on any atom is 0.514 e. The summed E-state index contributed by atoms with van der Waals surface area (Å²) in [7, 11) is 0. The molecule has 5 nitrogen and oxygen atoms in total. The number of ether oxygens (including phenoxy) is 3. The van der Waals surface area contributed by atoms with Crippen LogP contribution in [0.1, 0.15) is 98.3 Å². The van der Waals surface area contributed by atoms with E-state index in [1.165, 1.54) is 5.56 Å². The summed E-state index contributed by atoms with van der Waals surface area (Å²) in [6, 6.07) is 17.3. The molecule has 0 N–H and O–H groups in total. The van der Waals surface area contributed by atoms with Crippen LogP contribution in [-0.2, 0) is 14.3 Å². The van der Waals surface area contributed by atoms with E-state index in [2.05, 4.69) is 13.8 Å². The molecule has 0 aliphatic heterocycles. The Morgan fingerprint density at radius 2 is 1.38 bits per heavy atom. The molecule has 0 saturated carbocycles. The van der Waals surface area contributed by atoms with Gasteiger partial charge in [-0.2, -0.15) is 0 Å². The standard InChI is InChI=1S/C15H22O3.C14H20O2/c1-6-11(2)12-7-9-13(10-8-12)17-14(16)18-15(3,4)5;1-5-14(3,4)13(15)16-11(2)12-9-7-6-8-10-12/h7-11H,6H2,1-5H3;6-11H,5H2,1-4H3. The second-order valence-corrected chi connectivity index (χ2v) is 10.1. The Labute approximate surface area is 205 Å². The van der Waals surface area contributed by atoms with Gasteiger partial charge in [-0.05, 0) is 83.6 Å². The van der Waals surface area contributed by atoms with Crippen molar-refractivity contribution in [3.05, 3.63) is 65.7 Å². The minimum atomic E-state index is -0.668. The number of hydrogen-bond donors (Lipinski definition) is 0. The van der Waals surface area contributed by atoms with Gasteiger partial charge in [-0.25, -0.2) is 4.79 Å². The topological polar surface area (TPSA) is 61.8 Å². The van der Waals surface area contributed by atoms with Gasteiger partial charge in [0.25, 0.3) is 0 Å². The molecule has 0 bridgehead atoms. The summed E-state index contributed by atoms with van der Waals surface area (Å²) in [4.78, 5) is 23.3. The van der Waals surface area contributed by atoms with Gasteiger partial charge in [-0.15, -0.1) is 0 Å². The van der Waals surface area contributed by atoms with Gasteiger partial charge < -0.3 is 14.2 Å². The minimum Gasteiger partial charge on any atom is -0.457 e. The van der Waals surface area contributed by atoms with Crippen molar-refractivity contribution in [2.75, 3.05) is 0 Å². The van der Waals surface area contributed by atoms with Crippen LogP contribution in [-0.4, -0.2) is 17.7 Å². The van der Waals surface area contributed by atoms with Gasteiger partial charge in [0.2, 0.25) is 0 Å². The van der Waals surface area contributed by atoms with Crippen LogP contribution in [0.15, 0.2) is 54.6 Å². The summed E-state index contributed by atoms with van der Waals surface area (Å²) in [5, 5.41) is 0. The number of rotatable bonds is 7. The lowest BCUT2D eigenvalue weighted by Gasteiger charge is -2.23. The van der Waals surface area contributed by atoms with Gasteiger partial charge in [0, 0.05) is 0 Å². The van der Waals surface area contributed by atoms with E-state index in [0.29, 0.717) is 11.7 Å². The number of benzene rings is 2. The first-order valence-corrected chi connectivity index (χ1v) is 12.1. The third-order valence-electron chi connectivity index (χ3n) is 5.64. The lowest BCUT2D eigenvalue weighted by molar-refractivity contribution is -0.159. The number of esters is 1. The summed E-state index contributed by atoms with van der Waals surface area (Å²) in [5.74, 6) is 0.892. The van der Waals surface area contributed by atoms with Crippen LogP contribution < -0.4 is 4.74 Å². The highest BCUT2D eigenvalue weighted by molar-refractivity contribution is 5.76. The van der Waals surface area contributed by atoms with E-state index in [4.69, 9.17) is 14.2 Å². The molecule has 0 amide bonds. The predicted octanol–water partition coefficient (Wildman–Crippen LogP) is 8.24. The van der Waals surface area contributed by atoms with Crippen molar-refractivity contribution >= 4 is 12.1 Å². The van der Waals surface area contributed by atoms with Crippen molar-refractivity contribution in [3.8, 4) is 5.75 Å². The van der Waals surface area contributed by atoms with Crippen LogP contribution in [0, 0.1) is 5.41 Å². The number of carbonyl (C=O) groups excluding carboxylic acids is 2. The Kier molecular flexibility index (Phi) is 11.3. The molecule has 188 valence electrons. The van der Waals surface area contributed by atoms with Crippen molar-refractivity contribution in [1.29, 1.82) is 0 Å². The average Bonchev–Trinajstić information content (AvgIpc) is 2.78. The molecule has 2 aromatic rings. The Bertz CT molecular complexity index is 879. The van der Waals surface area contributed by atoms with E-state index in [9.17, 15) is 9.59 Å². The van der Waals surface area contributed by atoms with Gasteiger partial charge in [-0.3, -0.25) is 4.79 Å². The van der Waals surface area contributed by atoms with Crippen LogP contribution in [0.5, 0.6) is 5.75 Å². The molecule has 0 aliphatic carbocycles. The van der Waals surface area contributed by atoms with Gasteiger partial charge in [0.15, 0.2) is 0 Å². The SMILES string of the molecule is CCC(C)(C)C(=O)OC(C)c1ccccc1.CCC(C)c1ccc(OC(=O)OC(C)(C)C)cc1. The molecule has 0 spiro atoms. The minimum absolute atomic E-state index is 0.133. The molecular formula is C29H42O5. The van der Waals surface area contributed by atoms with E-state index < -0.39 is 17.2 Å². The highest BCUT2D eigenvalue weighted by Gasteiger charge is 2.28. The quantitative estimate of drug-likeness (QED) is 0.301. The molecule has 34 heavy (non-hydrogen) atoms. The molecular weight excluding hydrogens is 428 g/mol. The smallest absolute Gasteiger partial charge is 0.457 e. The van der Waals surface area contributed by atoms with Crippen molar-refractivity contribution in [2.24, 2.45) is 5.41 Å². The lowest BCUT2D eigenvalue weighted by Crippen LogP contribution is -2.26. The third-order valence-corrected chi connectivity index (χ3v) is 5.64. The predicted molar refractivity (Wildman–Crippen MR) is 137 cm³/mol. The van der Waals surface area contributed by atoms with Crippen LogP contribution in [0.3, 0.4) is 0 Å². The van der Waals surface area contributed by atoms with E-state index in [0.717, 1.165) is 18.4 Å². The molecule has 0 heterocycles. The van der Waals surface area contributed by atoms with Crippen molar-refractivity contribution in [1.82, 2.24) is 0 Å². The Morgan fingerprint density at radius 3 is 1.85 bits per heavy atom. The van der Waals surface area contributed by atoms with E-state index in [1.807, 2.05) is 70.2 Å². The fourth-order valence-electron chi connectivity index (χ4n) is 2.72. The van der Waals surface area contributed by atoms with Crippen molar-refractivity contribution in [3.63, 3.8) is 0 Å². The summed E-state index contributed by atoms with van der Waals surface area (Å²) in [6.07, 6.45) is 1.03. The molecule has 2 unspecified atom stereocenters. The first-order chi connectivity index (χ1) is 15.8. The summed E-state index contributed by atoms with van der Waals surface area (Å²) in [5.41, 5.74) is 1.34. The van der Waals surface area contributed by atoms with Gasteiger partial charge >= 0.3 is 12.1 Å². The van der Waals surface area contributed by atoms with E-state index in [-0.39, 0.29) is 12.1 Å². The van der Waals surface area contributed by atoms with Gasteiger partial charge in [-0.1, -0.05) is 63.2 Å². The molecule has 0 aliphatic rings. The normalized spacial score (nSPS) is 13.1. The maximum absolute atomic E-state index is 11.9. The molecule has 5 heteroatoms. The fourth-order valence-corrected chi connectivity index (χ4v) is 2.72. The average molecular weight is 471 g/mol. The molecule has 0 saturated heterocycles. The fraction of sp³-hybridized carbons (Fsp3) is 0.517. The summed E-state index contributed by atoms with van der Waals surface area (Å²) in [6.45, 7) is 17.5. The zero-order valence-corrected chi connectivity index (χ0v) is 22.3. The van der Waals surface area contributed by atoms with Crippen molar-refractivity contribution < 1.29 is 23.8 Å². The van der Waals surface area contributed by atoms with Crippen LogP contribution in [0.4, 0.5) is 4.79 Å². The third kappa shape index (κ3) is 10.4. The summed E-state index contributed by atoms with van der Waals surface area (Å²) < 4.78 is 15.6. The second kappa shape index (κ2) is 13.2. The van der Waals surface area contributed by atoms with Crippen LogP contribution in [0.2, 0.25) is 0 Å². The molecule has 0 aromatic heterocycles. The highest BCUT2D eigenvalue weighted by Crippen LogP contribution is 2.26. The largest absolute Gasteiger partial charge is 0.514 e. The van der Waals surface area contributed by atoms with Crippen LogP contribution >= 0.6 is 0 Å². The van der Waals surface area contributed by atoms with Crippen LogP contribution in [0.25, 0.3) is 0 Å². The van der Waals surface area contributed by atoms with Gasteiger partial charge in [0.1, 0.15) is 17.5 Å². The molecule has 0 fully saturated rings. The Balaban J connectivity index is 0.000000342. The Morgan fingerprint density at radius 1 is 0.824 bits per heavy atom. The first kappa shape index (κ1) is 29.2. The van der Waals surface area contributed by atoms with Gasteiger partial charge in [0.05, 0.1) is 5.41 Å². The monoisotopic (exact) mass is 470 g/mol. The lowest BCUT2D eigenvalue weighted by atomic mass is 9.90. The van der Waals surface area contributed by atoms with Crippen molar-refractivity contribution in [2.45, 2.75) is 92.8 Å². The zero-order chi connectivity index (χ0) is 25.9. The molecule has 2 aromatic carbocycles. The summed E-state index contributed by atoms with van der Waals surface area (Å²) >= 11 is 0. The first-order valence-electron chi connectivity index (χ1n) is 12.1. The highest BCUT2D eigenvalue weighted by atomic mass is 16.7. The molecule has 0 radical (unpaired) electrons. The number of hydrogen-bond acceptors (Lipinski definition) is 5. The number of carbonyl (C=O) groups is 2. The maximum atomic E-state index is 11.9. The second-order valence-electron chi connectivity index (χ2n) is 10.1. The molecule has 2 rings (SSSR count). The molecule has 2 atom stereocenters. The van der Waals surface area contributed by atoms with E-state index in [1.54, 1.807) is 32.9 Å². The van der Waals surface area contributed by atoms with E-state index >= 15 is 0 Å².